The van der Waals surface area contributed by atoms with Gasteiger partial charge in [-0.2, -0.15) is 9.50 Å². The van der Waals surface area contributed by atoms with Crippen LogP contribution in [0.25, 0.3) is 22.4 Å². The van der Waals surface area contributed by atoms with Gasteiger partial charge in [0, 0.05) is 10.0 Å². The van der Waals surface area contributed by atoms with Crippen LogP contribution in [0.2, 0.25) is 0 Å². The molecule has 2 aromatic heterocycles. The van der Waals surface area contributed by atoms with Crippen molar-refractivity contribution in [1.82, 2.24) is 14.6 Å². The Morgan fingerprint density at radius 2 is 1.70 bits per heavy atom. The largest absolute Gasteiger partial charge is 0.457 e. The van der Waals surface area contributed by atoms with Gasteiger partial charge in [-0.15, -0.1) is 5.10 Å². The van der Waals surface area contributed by atoms with E-state index in [4.69, 9.17) is 4.74 Å². The fourth-order valence-electron chi connectivity index (χ4n) is 3.00. The number of rotatable bonds is 4. The maximum absolute atomic E-state index is 12.8. The van der Waals surface area contributed by atoms with E-state index in [0.717, 1.165) is 21.3 Å². The van der Waals surface area contributed by atoms with Crippen molar-refractivity contribution in [1.29, 1.82) is 0 Å². The third kappa shape index (κ3) is 3.77. The number of hydrogen-bond acceptors (Lipinski definition) is 5. The van der Waals surface area contributed by atoms with E-state index in [0.29, 0.717) is 21.1 Å². The highest BCUT2D eigenvalue weighted by Gasteiger charge is 2.12. The summed E-state index contributed by atoms with van der Waals surface area (Å²) >= 11 is 4.73. The first-order chi connectivity index (χ1) is 14.7. The molecule has 3 aromatic carbocycles. The molecule has 0 N–H and O–H groups in total. The maximum atomic E-state index is 12.8. The van der Waals surface area contributed by atoms with Crippen molar-refractivity contribution in [2.75, 3.05) is 0 Å². The van der Waals surface area contributed by atoms with Gasteiger partial charge in [-0.25, -0.2) is 0 Å². The first-order valence-electron chi connectivity index (χ1n) is 9.16. The zero-order valence-corrected chi connectivity index (χ0v) is 17.9. The average molecular weight is 476 g/mol. The molecule has 0 bridgehead atoms. The highest BCUT2D eigenvalue weighted by Crippen LogP contribution is 2.22. The van der Waals surface area contributed by atoms with Gasteiger partial charge < -0.3 is 4.74 Å². The van der Waals surface area contributed by atoms with Crippen molar-refractivity contribution in [2.45, 2.75) is 0 Å². The maximum Gasteiger partial charge on any atom is 0.291 e. The standard InChI is InChI=1S/C23H14BrN3O2S/c24-17-11-9-16(10-12-17)21-25-23-27(26-21)22(28)20(30-23)14-15-5-4-8-19(13-15)29-18-6-2-1-3-7-18/h1-14H. The van der Waals surface area contributed by atoms with Crippen LogP contribution in [0.15, 0.2) is 88.1 Å². The van der Waals surface area contributed by atoms with Gasteiger partial charge in [-0.3, -0.25) is 4.79 Å². The molecule has 0 atom stereocenters. The fourth-order valence-corrected chi connectivity index (χ4v) is 4.17. The molecule has 0 amide bonds. The molecule has 0 spiro atoms. The molecule has 30 heavy (non-hydrogen) atoms. The SMILES string of the molecule is O=c1c(=Cc2cccc(Oc3ccccc3)c2)sc2nc(-c3ccc(Br)cc3)nn12. The lowest BCUT2D eigenvalue weighted by Gasteiger charge is -2.05. The minimum Gasteiger partial charge on any atom is -0.457 e. The molecule has 0 saturated heterocycles. The smallest absolute Gasteiger partial charge is 0.291 e. The predicted molar refractivity (Wildman–Crippen MR) is 122 cm³/mol. The van der Waals surface area contributed by atoms with Gasteiger partial charge in [0.15, 0.2) is 5.82 Å². The Hall–Kier alpha value is -3.29. The van der Waals surface area contributed by atoms with Gasteiger partial charge in [0.05, 0.1) is 4.53 Å². The predicted octanol–water partition coefficient (Wildman–Crippen LogP) is 4.92. The number of hydrogen-bond donors (Lipinski definition) is 0. The second kappa shape index (κ2) is 7.85. The van der Waals surface area contributed by atoms with Crippen LogP contribution in [0.4, 0.5) is 0 Å². The minimum atomic E-state index is -0.180. The minimum absolute atomic E-state index is 0.180. The van der Waals surface area contributed by atoms with Gasteiger partial charge >= 0.3 is 0 Å². The Morgan fingerprint density at radius 3 is 2.47 bits per heavy atom. The molecule has 5 aromatic rings. The van der Waals surface area contributed by atoms with Crippen molar-refractivity contribution in [3.8, 4) is 22.9 Å². The third-order valence-electron chi connectivity index (χ3n) is 4.42. The molecular weight excluding hydrogens is 462 g/mol. The van der Waals surface area contributed by atoms with E-state index in [1.165, 1.54) is 15.9 Å². The summed E-state index contributed by atoms with van der Waals surface area (Å²) < 4.78 is 8.79. The molecule has 0 aliphatic rings. The first kappa shape index (κ1) is 18.7. The summed E-state index contributed by atoms with van der Waals surface area (Å²) in [7, 11) is 0. The van der Waals surface area contributed by atoms with E-state index in [-0.39, 0.29) is 5.56 Å². The van der Waals surface area contributed by atoms with Crippen molar-refractivity contribution in [3.63, 3.8) is 0 Å². The van der Waals surface area contributed by atoms with E-state index in [9.17, 15) is 4.79 Å². The fraction of sp³-hybridized carbons (Fsp3) is 0. The van der Waals surface area contributed by atoms with E-state index in [1.807, 2.05) is 84.9 Å². The Morgan fingerprint density at radius 1 is 0.933 bits per heavy atom. The molecule has 0 unspecified atom stereocenters. The number of benzene rings is 3. The number of halogens is 1. The normalized spacial score (nSPS) is 11.8. The number of nitrogens with zero attached hydrogens (tertiary/aromatic N) is 3. The van der Waals surface area contributed by atoms with Gasteiger partial charge in [-0.1, -0.05) is 69.7 Å². The van der Waals surface area contributed by atoms with Gasteiger partial charge in [0.25, 0.3) is 5.56 Å². The summed E-state index contributed by atoms with van der Waals surface area (Å²) in [5.74, 6) is 2.01. The highest BCUT2D eigenvalue weighted by molar-refractivity contribution is 9.10. The number of aromatic nitrogens is 3. The molecule has 0 aliphatic carbocycles. The Kier molecular flexibility index (Phi) is 4.90. The molecule has 146 valence electrons. The van der Waals surface area contributed by atoms with E-state index in [1.54, 1.807) is 0 Å². The lowest BCUT2D eigenvalue weighted by Crippen LogP contribution is -2.23. The van der Waals surface area contributed by atoms with Crippen LogP contribution in [-0.4, -0.2) is 14.6 Å². The van der Waals surface area contributed by atoms with Crippen molar-refractivity contribution in [2.24, 2.45) is 0 Å². The lowest BCUT2D eigenvalue weighted by molar-refractivity contribution is 0.482. The third-order valence-corrected chi connectivity index (χ3v) is 5.91. The van der Waals surface area contributed by atoms with Crippen LogP contribution in [0.5, 0.6) is 11.5 Å². The molecule has 0 saturated carbocycles. The summed E-state index contributed by atoms with van der Waals surface area (Å²) in [5, 5.41) is 4.39. The topological polar surface area (TPSA) is 56.5 Å². The summed E-state index contributed by atoms with van der Waals surface area (Å²) in [6, 6.07) is 24.9. The molecule has 2 heterocycles. The molecule has 0 radical (unpaired) electrons. The second-order valence-electron chi connectivity index (χ2n) is 6.54. The quantitative estimate of drug-likeness (QED) is 0.370. The van der Waals surface area contributed by atoms with Gasteiger partial charge in [-0.05, 0) is 48.0 Å². The molecule has 0 fully saturated rings. The number of thiazole rings is 1. The Labute approximate surface area is 184 Å². The van der Waals surface area contributed by atoms with Crippen LogP contribution in [0.3, 0.4) is 0 Å². The van der Waals surface area contributed by atoms with E-state index < -0.39 is 0 Å². The van der Waals surface area contributed by atoms with E-state index in [2.05, 4.69) is 26.0 Å². The van der Waals surface area contributed by atoms with Crippen LogP contribution in [-0.2, 0) is 0 Å². The van der Waals surface area contributed by atoms with Crippen LogP contribution in [0.1, 0.15) is 5.56 Å². The zero-order valence-electron chi connectivity index (χ0n) is 15.5. The van der Waals surface area contributed by atoms with Crippen LogP contribution in [0, 0.1) is 0 Å². The molecule has 0 aliphatic heterocycles. The first-order valence-corrected chi connectivity index (χ1v) is 10.8. The second-order valence-corrected chi connectivity index (χ2v) is 8.46. The Bertz CT molecular complexity index is 1440. The number of para-hydroxylation sites is 1. The van der Waals surface area contributed by atoms with E-state index >= 15 is 0 Å². The molecule has 5 rings (SSSR count). The summed E-state index contributed by atoms with van der Waals surface area (Å²) in [6.07, 6.45) is 1.83. The van der Waals surface area contributed by atoms with Crippen LogP contribution >= 0.6 is 27.3 Å². The molecular formula is C23H14BrN3O2S. The number of ether oxygens (including phenoxy) is 1. The average Bonchev–Trinajstić information content (AvgIpc) is 3.29. The van der Waals surface area contributed by atoms with Crippen molar-refractivity contribution >= 4 is 38.3 Å². The van der Waals surface area contributed by atoms with Crippen molar-refractivity contribution in [3.05, 3.63) is 104 Å². The van der Waals surface area contributed by atoms with Gasteiger partial charge in [0.2, 0.25) is 4.96 Å². The monoisotopic (exact) mass is 475 g/mol. The summed E-state index contributed by atoms with van der Waals surface area (Å²) in [5.41, 5.74) is 1.56. The van der Waals surface area contributed by atoms with Gasteiger partial charge in [0.1, 0.15) is 11.5 Å². The summed E-state index contributed by atoms with van der Waals surface area (Å²) in [4.78, 5) is 17.9. The Balaban J connectivity index is 1.48. The molecule has 7 heteroatoms. The van der Waals surface area contributed by atoms with Crippen LogP contribution < -0.4 is 14.8 Å². The molecule has 5 nitrogen and oxygen atoms in total. The lowest BCUT2D eigenvalue weighted by atomic mass is 10.2. The summed E-state index contributed by atoms with van der Waals surface area (Å²) in [6.45, 7) is 0. The van der Waals surface area contributed by atoms with Crippen molar-refractivity contribution < 1.29 is 4.74 Å². The number of fused-ring (bicyclic) bond motifs is 1. The zero-order chi connectivity index (χ0) is 20.5. The highest BCUT2D eigenvalue weighted by atomic mass is 79.9.